The van der Waals surface area contributed by atoms with Crippen molar-refractivity contribution in [3.63, 3.8) is 0 Å². The highest BCUT2D eigenvalue weighted by molar-refractivity contribution is 9.09. The van der Waals surface area contributed by atoms with E-state index >= 15 is 0 Å². The van der Waals surface area contributed by atoms with Gasteiger partial charge in [-0.3, -0.25) is 0 Å². The maximum Gasteiger partial charge on any atom is 0.0927 e. The van der Waals surface area contributed by atoms with E-state index in [0.29, 0.717) is 5.92 Å². The molecule has 2 aromatic rings. The summed E-state index contributed by atoms with van der Waals surface area (Å²) in [6.45, 7) is 2.15. The summed E-state index contributed by atoms with van der Waals surface area (Å²) < 4.78 is 0. The second kappa shape index (κ2) is 6.31. The molecule has 0 aliphatic carbocycles. The predicted molar refractivity (Wildman–Crippen MR) is 78.0 cm³/mol. The van der Waals surface area contributed by atoms with Gasteiger partial charge in [0, 0.05) is 23.3 Å². The minimum absolute atomic E-state index is 0.628. The molecule has 1 nitrogen and oxygen atoms in total. The number of alkyl halides is 1. The van der Waals surface area contributed by atoms with Gasteiger partial charge in [0.1, 0.15) is 0 Å². The van der Waals surface area contributed by atoms with E-state index in [1.165, 1.54) is 16.1 Å². The van der Waals surface area contributed by atoms with E-state index in [2.05, 4.69) is 52.1 Å². The lowest BCUT2D eigenvalue weighted by atomic mass is 9.97. The number of hydrogen-bond acceptors (Lipinski definition) is 2. The first-order chi connectivity index (χ1) is 8.28. The Balaban J connectivity index is 2.00. The first-order valence-corrected chi connectivity index (χ1v) is 7.78. The Labute approximate surface area is 115 Å². The lowest BCUT2D eigenvalue weighted by Crippen LogP contribution is -2.09. The van der Waals surface area contributed by atoms with Crippen molar-refractivity contribution < 1.29 is 0 Å². The Morgan fingerprint density at radius 1 is 1.35 bits per heavy atom. The standard InChI is InChI=1S/C14H16BrNS/c1-11-3-2-4-12(7-11)8-13(10-15)9-14-16-5-6-17-14/h2-7,13H,8-10H2,1H3. The third-order valence-corrected chi connectivity index (χ3v) is 4.49. The molecule has 90 valence electrons. The lowest BCUT2D eigenvalue weighted by molar-refractivity contribution is 0.589. The molecule has 0 saturated carbocycles. The van der Waals surface area contributed by atoms with E-state index in [-0.39, 0.29) is 0 Å². The van der Waals surface area contributed by atoms with Crippen molar-refractivity contribution >= 4 is 27.3 Å². The molecule has 0 spiro atoms. The molecule has 0 aliphatic rings. The van der Waals surface area contributed by atoms with Crippen molar-refractivity contribution in [1.82, 2.24) is 4.98 Å². The molecule has 0 radical (unpaired) electrons. The molecule has 0 saturated heterocycles. The topological polar surface area (TPSA) is 12.9 Å². The van der Waals surface area contributed by atoms with Gasteiger partial charge in [0.05, 0.1) is 5.01 Å². The van der Waals surface area contributed by atoms with E-state index in [1.807, 2.05) is 11.6 Å². The van der Waals surface area contributed by atoms with Gasteiger partial charge in [-0.1, -0.05) is 45.8 Å². The van der Waals surface area contributed by atoms with Crippen LogP contribution < -0.4 is 0 Å². The van der Waals surface area contributed by atoms with Crippen molar-refractivity contribution in [3.05, 3.63) is 52.0 Å². The molecule has 1 heterocycles. The van der Waals surface area contributed by atoms with Gasteiger partial charge in [0.2, 0.25) is 0 Å². The summed E-state index contributed by atoms with van der Waals surface area (Å²) in [4.78, 5) is 4.36. The Bertz CT molecular complexity index is 453. The average molecular weight is 310 g/mol. The molecular formula is C14H16BrNS. The molecule has 0 aliphatic heterocycles. The molecule has 0 N–H and O–H groups in total. The lowest BCUT2D eigenvalue weighted by Gasteiger charge is -2.12. The van der Waals surface area contributed by atoms with Gasteiger partial charge in [-0.25, -0.2) is 4.98 Å². The summed E-state index contributed by atoms with van der Waals surface area (Å²) in [5, 5.41) is 4.32. The SMILES string of the molecule is Cc1cccc(CC(CBr)Cc2nccs2)c1. The second-order valence-electron chi connectivity index (χ2n) is 4.34. The van der Waals surface area contributed by atoms with Crippen molar-refractivity contribution in [2.45, 2.75) is 19.8 Å². The third kappa shape index (κ3) is 3.93. The molecule has 1 aromatic carbocycles. The monoisotopic (exact) mass is 309 g/mol. The zero-order valence-electron chi connectivity index (χ0n) is 9.90. The first-order valence-electron chi connectivity index (χ1n) is 5.78. The van der Waals surface area contributed by atoms with Crippen LogP contribution in [-0.4, -0.2) is 10.3 Å². The normalized spacial score (nSPS) is 12.6. The Hall–Kier alpha value is -0.670. The fraction of sp³-hybridized carbons (Fsp3) is 0.357. The van der Waals surface area contributed by atoms with Crippen LogP contribution in [0.1, 0.15) is 16.1 Å². The quantitative estimate of drug-likeness (QED) is 0.753. The fourth-order valence-corrected chi connectivity index (χ4v) is 3.14. The zero-order chi connectivity index (χ0) is 12.1. The number of rotatable bonds is 5. The van der Waals surface area contributed by atoms with E-state index in [0.717, 1.165) is 18.2 Å². The molecule has 1 unspecified atom stereocenters. The number of thiazole rings is 1. The van der Waals surface area contributed by atoms with Gasteiger partial charge >= 0.3 is 0 Å². The van der Waals surface area contributed by atoms with Gasteiger partial charge in [-0.15, -0.1) is 11.3 Å². The minimum atomic E-state index is 0.628. The summed E-state index contributed by atoms with van der Waals surface area (Å²) in [5.41, 5.74) is 2.76. The van der Waals surface area contributed by atoms with Crippen LogP contribution in [0.5, 0.6) is 0 Å². The third-order valence-electron chi connectivity index (χ3n) is 2.77. The van der Waals surface area contributed by atoms with E-state index in [1.54, 1.807) is 11.3 Å². The molecule has 2 rings (SSSR count). The highest BCUT2D eigenvalue weighted by Gasteiger charge is 2.11. The van der Waals surface area contributed by atoms with Gasteiger partial charge in [0.15, 0.2) is 0 Å². The first kappa shape index (κ1) is 12.8. The summed E-state index contributed by atoms with van der Waals surface area (Å²) in [7, 11) is 0. The average Bonchev–Trinajstić information content (AvgIpc) is 2.81. The number of aromatic nitrogens is 1. The number of halogens is 1. The van der Waals surface area contributed by atoms with E-state index in [9.17, 15) is 0 Å². The Morgan fingerprint density at radius 2 is 2.24 bits per heavy atom. The largest absolute Gasteiger partial charge is 0.250 e. The summed E-state index contributed by atoms with van der Waals surface area (Å²) in [6, 6.07) is 8.77. The van der Waals surface area contributed by atoms with Gasteiger partial charge < -0.3 is 0 Å². The van der Waals surface area contributed by atoms with Crippen LogP contribution in [0.2, 0.25) is 0 Å². The molecule has 1 aromatic heterocycles. The molecule has 1 atom stereocenters. The number of aryl methyl sites for hydroxylation is 1. The van der Waals surface area contributed by atoms with Crippen molar-refractivity contribution in [2.24, 2.45) is 5.92 Å². The zero-order valence-corrected chi connectivity index (χ0v) is 12.3. The maximum atomic E-state index is 4.36. The summed E-state index contributed by atoms with van der Waals surface area (Å²) in [5.74, 6) is 0.628. The van der Waals surface area contributed by atoms with Crippen molar-refractivity contribution in [3.8, 4) is 0 Å². The van der Waals surface area contributed by atoms with Crippen LogP contribution in [0, 0.1) is 12.8 Å². The van der Waals surface area contributed by atoms with Gasteiger partial charge in [0.25, 0.3) is 0 Å². The van der Waals surface area contributed by atoms with Crippen LogP contribution in [0.25, 0.3) is 0 Å². The number of benzene rings is 1. The molecule has 3 heteroatoms. The van der Waals surface area contributed by atoms with Crippen molar-refractivity contribution in [1.29, 1.82) is 0 Å². The van der Waals surface area contributed by atoms with Crippen LogP contribution in [0.15, 0.2) is 35.8 Å². The number of nitrogens with zero attached hydrogens (tertiary/aromatic N) is 1. The molecule has 0 fully saturated rings. The van der Waals surface area contributed by atoms with E-state index in [4.69, 9.17) is 0 Å². The summed E-state index contributed by atoms with van der Waals surface area (Å²) >= 11 is 5.36. The Kier molecular flexibility index (Phi) is 4.75. The highest BCUT2D eigenvalue weighted by Crippen LogP contribution is 2.18. The summed E-state index contributed by atoms with van der Waals surface area (Å²) in [6.07, 6.45) is 4.07. The van der Waals surface area contributed by atoms with Crippen LogP contribution >= 0.6 is 27.3 Å². The van der Waals surface area contributed by atoms with Gasteiger partial charge in [-0.2, -0.15) is 0 Å². The van der Waals surface area contributed by atoms with Crippen LogP contribution in [0.4, 0.5) is 0 Å². The molecule has 0 amide bonds. The van der Waals surface area contributed by atoms with E-state index < -0.39 is 0 Å². The number of hydrogen-bond donors (Lipinski definition) is 0. The predicted octanol–water partition coefficient (Wildman–Crippen LogP) is 4.25. The molecular weight excluding hydrogens is 294 g/mol. The molecule has 0 bridgehead atoms. The van der Waals surface area contributed by atoms with Crippen LogP contribution in [0.3, 0.4) is 0 Å². The smallest absolute Gasteiger partial charge is 0.0927 e. The van der Waals surface area contributed by atoms with Crippen LogP contribution in [-0.2, 0) is 12.8 Å². The molecule has 17 heavy (non-hydrogen) atoms. The fourth-order valence-electron chi connectivity index (χ4n) is 1.95. The van der Waals surface area contributed by atoms with Gasteiger partial charge in [-0.05, 0) is 24.8 Å². The van der Waals surface area contributed by atoms with Crippen molar-refractivity contribution in [2.75, 3.05) is 5.33 Å². The Morgan fingerprint density at radius 3 is 2.88 bits per heavy atom. The maximum absolute atomic E-state index is 4.36. The minimum Gasteiger partial charge on any atom is -0.250 e. The highest BCUT2D eigenvalue weighted by atomic mass is 79.9. The second-order valence-corrected chi connectivity index (χ2v) is 5.97.